The van der Waals surface area contributed by atoms with Crippen LogP contribution in [0.15, 0.2) is 53.6 Å². The molecule has 0 radical (unpaired) electrons. The minimum Gasteiger partial charge on any atom is -0.497 e. The van der Waals surface area contributed by atoms with Gasteiger partial charge in [-0.15, -0.1) is 11.8 Å². The van der Waals surface area contributed by atoms with Gasteiger partial charge in [-0.25, -0.2) is 4.98 Å². The van der Waals surface area contributed by atoms with Crippen LogP contribution >= 0.6 is 23.1 Å². The van der Waals surface area contributed by atoms with E-state index in [2.05, 4.69) is 40.9 Å². The van der Waals surface area contributed by atoms with Gasteiger partial charge in [-0.1, -0.05) is 23.5 Å². The Hall–Kier alpha value is -2.84. The van der Waals surface area contributed by atoms with E-state index in [9.17, 15) is 4.79 Å². The van der Waals surface area contributed by atoms with Gasteiger partial charge in [0, 0.05) is 22.8 Å². The number of thioether (sulfide) groups is 1. The highest BCUT2D eigenvalue weighted by atomic mass is 32.2. The standard InChI is InChI=1S/C21H18N4O2S2/c1-27-13-5-8-17-18(9-13)29-21(23-17)25-20-16(11-22-25)15(10-19(26)24-20)12-3-6-14(28-2)7-4-12/h3-9,11,15H,10H2,1-2H3,(H,24,26)/t15-/m0/s1. The molecule has 0 bridgehead atoms. The van der Waals surface area contributed by atoms with Crippen LogP contribution < -0.4 is 10.1 Å². The van der Waals surface area contributed by atoms with Gasteiger partial charge in [0.15, 0.2) is 0 Å². The van der Waals surface area contributed by atoms with Crippen molar-refractivity contribution in [3.8, 4) is 10.9 Å². The molecule has 1 aliphatic heterocycles. The summed E-state index contributed by atoms with van der Waals surface area (Å²) in [7, 11) is 1.65. The van der Waals surface area contributed by atoms with E-state index in [1.165, 1.54) is 16.2 Å². The second-order valence-corrected chi connectivity index (χ2v) is 8.66. The number of rotatable bonds is 4. The summed E-state index contributed by atoms with van der Waals surface area (Å²) in [5, 5.41) is 8.28. The number of fused-ring (bicyclic) bond motifs is 2. The van der Waals surface area contributed by atoms with Crippen molar-refractivity contribution in [1.29, 1.82) is 0 Å². The van der Waals surface area contributed by atoms with Gasteiger partial charge in [-0.05, 0) is 42.2 Å². The number of hydrogen-bond acceptors (Lipinski definition) is 6. The number of ether oxygens (including phenoxy) is 1. The Morgan fingerprint density at radius 1 is 1.24 bits per heavy atom. The molecule has 29 heavy (non-hydrogen) atoms. The van der Waals surface area contributed by atoms with Crippen LogP contribution in [0.25, 0.3) is 15.3 Å². The fourth-order valence-corrected chi connectivity index (χ4v) is 4.98. The molecule has 0 saturated carbocycles. The summed E-state index contributed by atoms with van der Waals surface area (Å²) in [6.07, 6.45) is 4.31. The van der Waals surface area contributed by atoms with Crippen LogP contribution in [0, 0.1) is 0 Å². The molecular formula is C21H18N4O2S2. The maximum atomic E-state index is 12.5. The minimum atomic E-state index is -0.0159. The van der Waals surface area contributed by atoms with Crippen molar-refractivity contribution in [3.63, 3.8) is 0 Å². The molecule has 1 amide bonds. The minimum absolute atomic E-state index is 0.0130. The first-order chi connectivity index (χ1) is 14.2. The summed E-state index contributed by atoms with van der Waals surface area (Å²) < 4.78 is 8.04. The highest BCUT2D eigenvalue weighted by molar-refractivity contribution is 7.98. The number of benzene rings is 2. The SMILES string of the molecule is COc1ccc2nc(-n3ncc4c3NC(=O)C[C@H]4c3ccc(SC)cc3)sc2c1. The average molecular weight is 423 g/mol. The number of hydrogen-bond donors (Lipinski definition) is 1. The molecule has 5 rings (SSSR count). The number of methoxy groups -OCH3 is 1. The van der Waals surface area contributed by atoms with Crippen LogP contribution in [0.3, 0.4) is 0 Å². The number of carbonyl (C=O) groups is 1. The lowest BCUT2D eigenvalue weighted by Crippen LogP contribution is -2.24. The first kappa shape index (κ1) is 18.2. The number of carbonyl (C=O) groups excluding carboxylic acids is 1. The monoisotopic (exact) mass is 422 g/mol. The molecule has 0 spiro atoms. The number of aromatic nitrogens is 3. The van der Waals surface area contributed by atoms with Gasteiger partial charge in [0.2, 0.25) is 11.0 Å². The molecule has 6 nitrogen and oxygen atoms in total. The Morgan fingerprint density at radius 2 is 2.07 bits per heavy atom. The topological polar surface area (TPSA) is 69.0 Å². The van der Waals surface area contributed by atoms with E-state index in [1.54, 1.807) is 23.6 Å². The Kier molecular flexibility index (Phi) is 4.52. The zero-order valence-electron chi connectivity index (χ0n) is 15.9. The maximum absolute atomic E-state index is 12.5. The predicted octanol–water partition coefficient (Wildman–Crippen LogP) is 4.69. The third kappa shape index (κ3) is 3.18. The quantitative estimate of drug-likeness (QED) is 0.483. The van der Waals surface area contributed by atoms with E-state index in [-0.39, 0.29) is 11.8 Å². The molecule has 4 aromatic rings. The molecule has 1 N–H and O–H groups in total. The van der Waals surface area contributed by atoms with Gasteiger partial charge >= 0.3 is 0 Å². The zero-order chi connectivity index (χ0) is 20.0. The molecule has 0 aliphatic carbocycles. The molecule has 1 aliphatic rings. The van der Waals surface area contributed by atoms with Gasteiger partial charge < -0.3 is 10.1 Å². The number of thiazole rings is 1. The van der Waals surface area contributed by atoms with Crippen molar-refractivity contribution < 1.29 is 9.53 Å². The van der Waals surface area contributed by atoms with Crippen LogP contribution in [-0.4, -0.2) is 34.0 Å². The van der Waals surface area contributed by atoms with Crippen molar-refractivity contribution in [3.05, 3.63) is 59.8 Å². The highest BCUT2D eigenvalue weighted by Gasteiger charge is 2.31. The molecule has 2 aromatic carbocycles. The van der Waals surface area contributed by atoms with E-state index in [4.69, 9.17) is 9.72 Å². The Bertz CT molecular complexity index is 1210. The summed E-state index contributed by atoms with van der Waals surface area (Å²) in [5.41, 5.74) is 3.01. The van der Waals surface area contributed by atoms with Crippen LogP contribution in [0.1, 0.15) is 23.5 Å². The normalized spacial score (nSPS) is 15.9. The Morgan fingerprint density at radius 3 is 2.83 bits per heavy atom. The maximum Gasteiger partial charge on any atom is 0.226 e. The molecule has 2 aromatic heterocycles. The van der Waals surface area contributed by atoms with Crippen molar-refractivity contribution in [1.82, 2.24) is 14.8 Å². The first-order valence-corrected chi connectivity index (χ1v) is 11.2. The van der Waals surface area contributed by atoms with Gasteiger partial charge in [0.1, 0.15) is 11.6 Å². The molecule has 0 unspecified atom stereocenters. The summed E-state index contributed by atoms with van der Waals surface area (Å²) in [4.78, 5) is 18.4. The number of nitrogens with one attached hydrogen (secondary N) is 1. The lowest BCUT2D eigenvalue weighted by molar-refractivity contribution is -0.116. The molecule has 8 heteroatoms. The van der Waals surface area contributed by atoms with Crippen molar-refractivity contribution in [2.24, 2.45) is 0 Å². The van der Waals surface area contributed by atoms with Crippen LogP contribution in [-0.2, 0) is 4.79 Å². The number of nitrogens with zero attached hydrogens (tertiary/aromatic N) is 3. The van der Waals surface area contributed by atoms with E-state index >= 15 is 0 Å². The molecule has 1 atom stereocenters. The lowest BCUT2D eigenvalue weighted by atomic mass is 9.87. The fraction of sp³-hybridized carbons (Fsp3) is 0.190. The molecule has 3 heterocycles. The Labute approximate surface area is 175 Å². The second-order valence-electron chi connectivity index (χ2n) is 6.77. The van der Waals surface area contributed by atoms with E-state index < -0.39 is 0 Å². The molecule has 0 fully saturated rings. The summed E-state index contributed by atoms with van der Waals surface area (Å²) in [6, 6.07) is 14.2. The third-order valence-electron chi connectivity index (χ3n) is 5.10. The lowest BCUT2D eigenvalue weighted by Gasteiger charge is -2.23. The van der Waals surface area contributed by atoms with E-state index in [0.717, 1.165) is 27.1 Å². The average Bonchev–Trinajstić information content (AvgIpc) is 3.36. The van der Waals surface area contributed by atoms with Crippen LogP contribution in [0.5, 0.6) is 5.75 Å². The Balaban J connectivity index is 1.57. The smallest absolute Gasteiger partial charge is 0.226 e. The van der Waals surface area contributed by atoms with Crippen molar-refractivity contribution >= 4 is 45.0 Å². The highest BCUT2D eigenvalue weighted by Crippen LogP contribution is 2.39. The van der Waals surface area contributed by atoms with E-state index in [0.29, 0.717) is 17.4 Å². The predicted molar refractivity (Wildman–Crippen MR) is 117 cm³/mol. The zero-order valence-corrected chi connectivity index (χ0v) is 17.5. The van der Waals surface area contributed by atoms with Gasteiger partial charge in [0.05, 0.1) is 23.5 Å². The van der Waals surface area contributed by atoms with Crippen LogP contribution in [0.2, 0.25) is 0 Å². The largest absolute Gasteiger partial charge is 0.497 e. The van der Waals surface area contributed by atoms with Gasteiger partial charge in [-0.3, -0.25) is 4.79 Å². The summed E-state index contributed by atoms with van der Waals surface area (Å²) >= 11 is 3.22. The van der Waals surface area contributed by atoms with E-state index in [1.807, 2.05) is 24.4 Å². The number of amides is 1. The number of anilines is 1. The summed E-state index contributed by atoms with van der Waals surface area (Å²) in [5.74, 6) is 1.46. The van der Waals surface area contributed by atoms with Crippen molar-refractivity contribution in [2.45, 2.75) is 17.2 Å². The van der Waals surface area contributed by atoms with Crippen LogP contribution in [0.4, 0.5) is 5.82 Å². The fourth-order valence-electron chi connectivity index (χ4n) is 3.61. The molecule has 0 saturated heterocycles. The second kappa shape index (κ2) is 7.20. The third-order valence-corrected chi connectivity index (χ3v) is 6.84. The van der Waals surface area contributed by atoms with Gasteiger partial charge in [0.25, 0.3) is 0 Å². The van der Waals surface area contributed by atoms with Crippen molar-refractivity contribution in [2.75, 3.05) is 18.7 Å². The molecular weight excluding hydrogens is 404 g/mol. The molecule has 146 valence electrons. The van der Waals surface area contributed by atoms with Gasteiger partial charge in [-0.2, -0.15) is 9.78 Å². The summed E-state index contributed by atoms with van der Waals surface area (Å²) in [6.45, 7) is 0. The first-order valence-electron chi connectivity index (χ1n) is 9.13.